The Hall–Kier alpha value is -2.02. The third kappa shape index (κ3) is 3.40. The minimum absolute atomic E-state index is 0.860. The van der Waals surface area contributed by atoms with Crippen molar-refractivity contribution in [2.75, 3.05) is 13.6 Å². The second-order valence-corrected chi connectivity index (χ2v) is 7.31. The predicted molar refractivity (Wildman–Crippen MR) is 96.7 cm³/mol. The Morgan fingerprint density at radius 2 is 2.12 bits per heavy atom. The Morgan fingerprint density at radius 3 is 2.96 bits per heavy atom. The lowest BCUT2D eigenvalue weighted by atomic mass is 10.2. The molecule has 4 rings (SSSR count). The molecule has 3 heterocycles. The first kappa shape index (κ1) is 15.5. The second kappa shape index (κ2) is 6.84. The molecule has 0 fully saturated rings. The zero-order valence-electron chi connectivity index (χ0n) is 13.8. The first-order valence-electron chi connectivity index (χ1n) is 8.23. The van der Waals surface area contributed by atoms with Crippen LogP contribution in [-0.4, -0.2) is 33.3 Å². The van der Waals surface area contributed by atoms with Crippen molar-refractivity contribution in [1.82, 2.24) is 25.0 Å². The van der Waals surface area contributed by atoms with E-state index in [1.54, 1.807) is 11.3 Å². The number of hydrogen-bond acceptors (Lipinski definition) is 5. The van der Waals surface area contributed by atoms with Crippen LogP contribution >= 0.6 is 11.3 Å². The third-order valence-electron chi connectivity index (χ3n) is 4.15. The van der Waals surface area contributed by atoms with Gasteiger partial charge in [-0.3, -0.25) is 9.58 Å². The van der Waals surface area contributed by atoms with Crippen molar-refractivity contribution in [3.8, 4) is 10.6 Å². The Kier molecular flexibility index (Phi) is 4.42. The van der Waals surface area contributed by atoms with Crippen LogP contribution in [0.1, 0.15) is 16.3 Å². The summed E-state index contributed by atoms with van der Waals surface area (Å²) in [6, 6.07) is 12.6. The molecule has 1 N–H and O–H groups in total. The highest BCUT2D eigenvalue weighted by molar-refractivity contribution is 7.15. The van der Waals surface area contributed by atoms with Crippen LogP contribution in [0.4, 0.5) is 0 Å². The molecule has 6 heteroatoms. The number of nitrogens with zero attached hydrogens (tertiary/aromatic N) is 4. The van der Waals surface area contributed by atoms with Crippen LogP contribution in [0.5, 0.6) is 0 Å². The van der Waals surface area contributed by atoms with Crippen LogP contribution < -0.4 is 5.32 Å². The van der Waals surface area contributed by atoms with E-state index in [1.807, 2.05) is 12.3 Å². The van der Waals surface area contributed by atoms with Gasteiger partial charge in [-0.2, -0.15) is 5.10 Å². The van der Waals surface area contributed by atoms with Gasteiger partial charge in [0.1, 0.15) is 5.01 Å². The van der Waals surface area contributed by atoms with Gasteiger partial charge in [0.15, 0.2) is 0 Å². The van der Waals surface area contributed by atoms with E-state index in [-0.39, 0.29) is 0 Å². The average Bonchev–Trinajstić information content (AvgIpc) is 3.21. The average molecular weight is 339 g/mol. The topological polar surface area (TPSA) is 46.0 Å². The van der Waals surface area contributed by atoms with Gasteiger partial charge in [-0.1, -0.05) is 30.3 Å². The number of nitrogens with one attached hydrogen (secondary N) is 1. The second-order valence-electron chi connectivity index (χ2n) is 6.20. The maximum atomic E-state index is 4.71. The van der Waals surface area contributed by atoms with E-state index < -0.39 is 0 Å². The number of thiazole rings is 1. The molecule has 2 aromatic heterocycles. The minimum Gasteiger partial charge on any atom is -0.309 e. The SMILES string of the molecule is CN(Cc1cc2n(n1)CCNC2)Cc1cnc(-c2ccccc2)s1. The molecule has 124 valence electrons. The summed E-state index contributed by atoms with van der Waals surface area (Å²) < 4.78 is 2.12. The van der Waals surface area contributed by atoms with Crippen molar-refractivity contribution in [3.63, 3.8) is 0 Å². The standard InChI is InChI=1S/C18H21N5S/c1-22(12-15-9-16-10-19-7-8-23(16)21-15)13-17-11-20-18(24-17)14-5-3-2-4-6-14/h2-6,9,11,19H,7-8,10,12-13H2,1H3. The molecule has 0 unspecified atom stereocenters. The van der Waals surface area contributed by atoms with E-state index in [0.29, 0.717) is 0 Å². The summed E-state index contributed by atoms with van der Waals surface area (Å²) in [6.07, 6.45) is 1.99. The third-order valence-corrected chi connectivity index (χ3v) is 5.18. The monoisotopic (exact) mass is 339 g/mol. The Bertz CT molecular complexity index is 784. The summed E-state index contributed by atoms with van der Waals surface area (Å²) in [7, 11) is 2.14. The van der Waals surface area contributed by atoms with Crippen molar-refractivity contribution < 1.29 is 0 Å². The summed E-state index contributed by atoms with van der Waals surface area (Å²) in [4.78, 5) is 8.14. The number of rotatable bonds is 5. The minimum atomic E-state index is 0.860. The molecule has 0 aliphatic carbocycles. The Labute approximate surface area is 146 Å². The first-order valence-corrected chi connectivity index (χ1v) is 9.04. The molecule has 0 amide bonds. The molecule has 1 aliphatic heterocycles. The van der Waals surface area contributed by atoms with Crippen LogP contribution in [-0.2, 0) is 26.2 Å². The van der Waals surface area contributed by atoms with E-state index in [4.69, 9.17) is 5.10 Å². The normalized spacial score (nSPS) is 14.1. The van der Waals surface area contributed by atoms with Crippen LogP contribution in [0.2, 0.25) is 0 Å². The zero-order valence-corrected chi connectivity index (χ0v) is 14.6. The molecule has 0 radical (unpaired) electrons. The highest BCUT2D eigenvalue weighted by atomic mass is 32.1. The molecule has 3 aromatic rings. The van der Waals surface area contributed by atoms with Crippen molar-refractivity contribution in [2.45, 2.75) is 26.2 Å². The summed E-state index contributed by atoms with van der Waals surface area (Å²) in [6.45, 7) is 4.65. The number of hydrogen-bond donors (Lipinski definition) is 1. The van der Waals surface area contributed by atoms with Crippen LogP contribution in [0.15, 0.2) is 42.6 Å². The molecule has 0 atom stereocenters. The summed E-state index contributed by atoms with van der Waals surface area (Å²) in [5.74, 6) is 0. The lowest BCUT2D eigenvalue weighted by Crippen LogP contribution is -2.28. The fourth-order valence-electron chi connectivity index (χ4n) is 3.02. The number of aromatic nitrogens is 3. The molecule has 24 heavy (non-hydrogen) atoms. The molecule has 1 aliphatic rings. The van der Waals surface area contributed by atoms with Crippen molar-refractivity contribution in [3.05, 3.63) is 58.9 Å². The van der Waals surface area contributed by atoms with Gasteiger partial charge in [-0.15, -0.1) is 11.3 Å². The van der Waals surface area contributed by atoms with Gasteiger partial charge in [0.2, 0.25) is 0 Å². The lowest BCUT2D eigenvalue weighted by molar-refractivity contribution is 0.315. The van der Waals surface area contributed by atoms with Gasteiger partial charge < -0.3 is 5.32 Å². The van der Waals surface area contributed by atoms with E-state index in [1.165, 1.54) is 16.1 Å². The molecule has 1 aromatic carbocycles. The molecular formula is C18H21N5S. The van der Waals surface area contributed by atoms with Gasteiger partial charge in [0.25, 0.3) is 0 Å². The number of benzene rings is 1. The fourth-order valence-corrected chi connectivity index (χ4v) is 4.02. The Morgan fingerprint density at radius 1 is 1.25 bits per heavy atom. The predicted octanol–water partition coefficient (Wildman–Crippen LogP) is 2.74. The van der Waals surface area contributed by atoms with Crippen molar-refractivity contribution in [1.29, 1.82) is 0 Å². The number of fused-ring (bicyclic) bond motifs is 1. The van der Waals surface area contributed by atoms with Crippen LogP contribution in [0.25, 0.3) is 10.6 Å². The highest BCUT2D eigenvalue weighted by Crippen LogP contribution is 2.25. The molecule has 5 nitrogen and oxygen atoms in total. The van der Waals surface area contributed by atoms with Crippen LogP contribution in [0, 0.1) is 0 Å². The van der Waals surface area contributed by atoms with Gasteiger partial charge in [0.05, 0.1) is 17.9 Å². The van der Waals surface area contributed by atoms with Crippen molar-refractivity contribution in [2.24, 2.45) is 0 Å². The molecule has 0 saturated heterocycles. The molecular weight excluding hydrogens is 318 g/mol. The largest absolute Gasteiger partial charge is 0.309 e. The van der Waals surface area contributed by atoms with Gasteiger partial charge in [-0.05, 0) is 13.1 Å². The quantitative estimate of drug-likeness (QED) is 0.776. The zero-order chi connectivity index (χ0) is 16.4. The fraction of sp³-hybridized carbons (Fsp3) is 0.333. The maximum Gasteiger partial charge on any atom is 0.123 e. The van der Waals surface area contributed by atoms with Crippen molar-refractivity contribution >= 4 is 11.3 Å². The van der Waals surface area contributed by atoms with E-state index in [0.717, 1.165) is 43.4 Å². The Balaban J connectivity index is 1.40. The summed E-state index contributed by atoms with van der Waals surface area (Å²) in [5, 5.41) is 9.18. The smallest absolute Gasteiger partial charge is 0.123 e. The molecule has 0 spiro atoms. The van der Waals surface area contributed by atoms with Gasteiger partial charge in [-0.25, -0.2) is 4.98 Å². The summed E-state index contributed by atoms with van der Waals surface area (Å²) in [5.41, 5.74) is 3.61. The lowest BCUT2D eigenvalue weighted by Gasteiger charge is -2.14. The van der Waals surface area contributed by atoms with Gasteiger partial charge >= 0.3 is 0 Å². The van der Waals surface area contributed by atoms with E-state index in [2.05, 4.69) is 57.3 Å². The molecule has 0 saturated carbocycles. The van der Waals surface area contributed by atoms with E-state index >= 15 is 0 Å². The van der Waals surface area contributed by atoms with Crippen LogP contribution in [0.3, 0.4) is 0 Å². The highest BCUT2D eigenvalue weighted by Gasteiger charge is 2.13. The summed E-state index contributed by atoms with van der Waals surface area (Å²) >= 11 is 1.76. The maximum absolute atomic E-state index is 4.71. The molecule has 0 bridgehead atoms. The first-order chi connectivity index (χ1) is 11.8. The van der Waals surface area contributed by atoms with E-state index in [9.17, 15) is 0 Å². The van der Waals surface area contributed by atoms with Gasteiger partial charge in [0, 0.05) is 42.8 Å².